The Kier molecular flexibility index (Phi) is 4.84. The number of carbonyl (C=O) groups excluding carboxylic acids is 2. The number of ether oxygens (including phenoxy) is 1. The van der Waals surface area contributed by atoms with Crippen molar-refractivity contribution in [3.05, 3.63) is 50.9 Å². The highest BCUT2D eigenvalue weighted by Gasteiger charge is 2.22. The maximum atomic E-state index is 13.9. The Morgan fingerprint density at radius 2 is 2.12 bits per heavy atom. The average Bonchev–Trinajstić information content (AvgIpc) is 3.13. The van der Waals surface area contributed by atoms with Crippen molar-refractivity contribution in [1.82, 2.24) is 0 Å². The van der Waals surface area contributed by atoms with Crippen LogP contribution in [0.25, 0.3) is 10.1 Å². The van der Waals surface area contributed by atoms with Crippen LogP contribution in [0, 0.1) is 5.82 Å². The summed E-state index contributed by atoms with van der Waals surface area (Å²) < 4.78 is 19.4. The van der Waals surface area contributed by atoms with Gasteiger partial charge in [0, 0.05) is 10.1 Å². The number of benzene rings is 1. The quantitative estimate of drug-likeness (QED) is 0.631. The predicted octanol–water partition coefficient (Wildman–Crippen LogP) is 5.18. The van der Waals surface area contributed by atoms with Crippen molar-refractivity contribution in [2.24, 2.45) is 0 Å². The van der Waals surface area contributed by atoms with E-state index in [1.165, 1.54) is 17.4 Å². The second kappa shape index (κ2) is 6.88. The van der Waals surface area contributed by atoms with E-state index in [0.717, 1.165) is 11.3 Å². The number of fused-ring (bicyclic) bond motifs is 1. The number of amides is 1. The smallest absolute Gasteiger partial charge is 0.341 e. The summed E-state index contributed by atoms with van der Waals surface area (Å²) in [6, 6.07) is 6.12. The zero-order valence-corrected chi connectivity index (χ0v) is 14.8. The fourth-order valence-electron chi connectivity index (χ4n) is 2.15. The highest BCUT2D eigenvalue weighted by molar-refractivity contribution is 7.22. The van der Waals surface area contributed by atoms with Crippen LogP contribution in [0.5, 0.6) is 0 Å². The molecule has 2 heterocycles. The molecule has 1 N–H and O–H groups in total. The van der Waals surface area contributed by atoms with Gasteiger partial charge in [0.2, 0.25) is 0 Å². The van der Waals surface area contributed by atoms with Crippen molar-refractivity contribution in [3.63, 3.8) is 0 Å². The number of halogens is 2. The number of thiophene rings is 2. The first kappa shape index (κ1) is 16.9. The van der Waals surface area contributed by atoms with Gasteiger partial charge < -0.3 is 10.1 Å². The fraction of sp³-hybridized carbons (Fsp3) is 0.125. The molecule has 0 unspecified atom stereocenters. The standard InChI is InChI=1S/C16H11ClFNO3S2/c1-2-22-16(21)8-6-7-23-15(8)19-14(20)13-12(17)11-9(18)4-3-5-10(11)24-13/h3-7H,2H2,1H3,(H,19,20). The number of nitrogens with one attached hydrogen (secondary N) is 1. The molecule has 0 bridgehead atoms. The lowest BCUT2D eigenvalue weighted by Crippen LogP contribution is -2.13. The van der Waals surface area contributed by atoms with Crippen LogP contribution >= 0.6 is 34.3 Å². The van der Waals surface area contributed by atoms with Crippen LogP contribution in [-0.4, -0.2) is 18.5 Å². The van der Waals surface area contributed by atoms with Crippen molar-refractivity contribution in [1.29, 1.82) is 0 Å². The van der Waals surface area contributed by atoms with E-state index >= 15 is 0 Å². The molecular weight excluding hydrogens is 373 g/mol. The summed E-state index contributed by atoms with van der Waals surface area (Å²) in [5.74, 6) is -1.48. The molecule has 0 atom stereocenters. The molecule has 0 saturated heterocycles. The van der Waals surface area contributed by atoms with Crippen LogP contribution in [0.4, 0.5) is 9.39 Å². The molecule has 0 radical (unpaired) electrons. The molecule has 0 aliphatic carbocycles. The highest BCUT2D eigenvalue weighted by Crippen LogP contribution is 2.37. The maximum absolute atomic E-state index is 13.9. The largest absolute Gasteiger partial charge is 0.462 e. The SMILES string of the molecule is CCOC(=O)c1ccsc1NC(=O)c1sc2cccc(F)c2c1Cl. The third kappa shape index (κ3) is 3.02. The van der Waals surface area contributed by atoms with Gasteiger partial charge in [-0.25, -0.2) is 9.18 Å². The molecule has 4 nitrogen and oxygen atoms in total. The number of carbonyl (C=O) groups is 2. The van der Waals surface area contributed by atoms with Crippen LogP contribution in [0.2, 0.25) is 5.02 Å². The summed E-state index contributed by atoms with van der Waals surface area (Å²) in [6.07, 6.45) is 0. The Morgan fingerprint density at radius 3 is 2.83 bits per heavy atom. The van der Waals surface area contributed by atoms with Gasteiger partial charge in [0.05, 0.1) is 17.2 Å². The lowest BCUT2D eigenvalue weighted by Gasteiger charge is -2.05. The van der Waals surface area contributed by atoms with Crippen molar-refractivity contribution in [2.75, 3.05) is 11.9 Å². The van der Waals surface area contributed by atoms with Crippen LogP contribution < -0.4 is 5.32 Å². The molecule has 2 aromatic heterocycles. The third-order valence-electron chi connectivity index (χ3n) is 3.20. The fourth-order valence-corrected chi connectivity index (χ4v) is 4.38. The summed E-state index contributed by atoms with van der Waals surface area (Å²) in [7, 11) is 0. The molecule has 3 aromatic rings. The first-order chi connectivity index (χ1) is 11.5. The van der Waals surface area contributed by atoms with Gasteiger partial charge >= 0.3 is 5.97 Å². The molecule has 0 spiro atoms. The Hall–Kier alpha value is -1.96. The van der Waals surface area contributed by atoms with Gasteiger partial charge in [0.25, 0.3) is 5.91 Å². The van der Waals surface area contributed by atoms with E-state index in [1.54, 1.807) is 30.5 Å². The second-order valence-corrected chi connectivity index (χ2v) is 7.04. The highest BCUT2D eigenvalue weighted by atomic mass is 35.5. The van der Waals surface area contributed by atoms with Gasteiger partial charge in [-0.1, -0.05) is 17.7 Å². The first-order valence-corrected chi connectivity index (χ1v) is 9.02. The number of hydrogen-bond acceptors (Lipinski definition) is 5. The molecular formula is C16H11ClFNO3S2. The van der Waals surface area contributed by atoms with Crippen LogP contribution in [0.3, 0.4) is 0 Å². The van der Waals surface area contributed by atoms with E-state index in [-0.39, 0.29) is 27.5 Å². The van der Waals surface area contributed by atoms with E-state index in [0.29, 0.717) is 9.70 Å². The molecule has 0 aliphatic rings. The predicted molar refractivity (Wildman–Crippen MR) is 95.0 cm³/mol. The van der Waals surface area contributed by atoms with E-state index in [4.69, 9.17) is 16.3 Å². The summed E-state index contributed by atoms with van der Waals surface area (Å²) in [6.45, 7) is 1.94. The first-order valence-electron chi connectivity index (χ1n) is 6.95. The van der Waals surface area contributed by atoms with Gasteiger partial charge in [-0.15, -0.1) is 22.7 Å². The number of hydrogen-bond donors (Lipinski definition) is 1. The Morgan fingerprint density at radius 1 is 1.33 bits per heavy atom. The Balaban J connectivity index is 1.92. The van der Waals surface area contributed by atoms with E-state index < -0.39 is 17.7 Å². The van der Waals surface area contributed by atoms with Gasteiger partial charge in [-0.2, -0.15) is 0 Å². The normalized spacial score (nSPS) is 10.8. The van der Waals surface area contributed by atoms with Crippen molar-refractivity contribution >= 4 is 61.2 Å². The maximum Gasteiger partial charge on any atom is 0.341 e. The zero-order valence-electron chi connectivity index (χ0n) is 12.4. The van der Waals surface area contributed by atoms with E-state index in [1.807, 2.05) is 0 Å². The monoisotopic (exact) mass is 383 g/mol. The van der Waals surface area contributed by atoms with Crippen LogP contribution in [0.1, 0.15) is 27.0 Å². The van der Waals surface area contributed by atoms with Crippen LogP contribution in [-0.2, 0) is 4.74 Å². The van der Waals surface area contributed by atoms with Gasteiger partial charge in [0.1, 0.15) is 15.7 Å². The van der Waals surface area contributed by atoms with Crippen molar-refractivity contribution < 1.29 is 18.7 Å². The molecule has 1 amide bonds. The van der Waals surface area contributed by atoms with Crippen molar-refractivity contribution in [2.45, 2.75) is 6.92 Å². The minimum atomic E-state index is -0.512. The third-order valence-corrected chi connectivity index (χ3v) is 5.67. The molecule has 24 heavy (non-hydrogen) atoms. The number of rotatable bonds is 4. The second-order valence-electron chi connectivity index (χ2n) is 4.70. The summed E-state index contributed by atoms with van der Waals surface area (Å²) in [4.78, 5) is 24.5. The molecule has 8 heteroatoms. The van der Waals surface area contributed by atoms with E-state index in [2.05, 4.69) is 5.32 Å². The zero-order chi connectivity index (χ0) is 17.3. The minimum absolute atomic E-state index is 0.0693. The summed E-state index contributed by atoms with van der Waals surface area (Å²) in [5.41, 5.74) is 0.276. The summed E-state index contributed by atoms with van der Waals surface area (Å²) in [5, 5.41) is 4.99. The molecule has 124 valence electrons. The average molecular weight is 384 g/mol. The molecule has 1 aromatic carbocycles. The Bertz CT molecular complexity index is 935. The molecule has 0 fully saturated rings. The lowest BCUT2D eigenvalue weighted by atomic mass is 10.2. The molecule has 3 rings (SSSR count). The Labute approximate surface area is 149 Å². The molecule has 0 saturated carbocycles. The van der Waals surface area contributed by atoms with E-state index in [9.17, 15) is 14.0 Å². The number of esters is 1. The topological polar surface area (TPSA) is 55.4 Å². The lowest BCUT2D eigenvalue weighted by molar-refractivity contribution is 0.0528. The van der Waals surface area contributed by atoms with Gasteiger partial charge in [-0.3, -0.25) is 4.79 Å². The minimum Gasteiger partial charge on any atom is -0.462 e. The molecule has 0 aliphatic heterocycles. The van der Waals surface area contributed by atoms with Crippen molar-refractivity contribution in [3.8, 4) is 0 Å². The summed E-state index contributed by atoms with van der Waals surface area (Å²) >= 11 is 8.47. The van der Waals surface area contributed by atoms with Crippen LogP contribution in [0.15, 0.2) is 29.6 Å². The number of anilines is 1. The van der Waals surface area contributed by atoms with Gasteiger partial charge in [0.15, 0.2) is 0 Å². The van der Waals surface area contributed by atoms with Gasteiger partial charge in [-0.05, 0) is 30.5 Å².